The van der Waals surface area contributed by atoms with Gasteiger partial charge < -0.3 is 24.1 Å². The Balaban J connectivity index is 1.70. The van der Waals surface area contributed by atoms with Crippen LogP contribution in [-0.4, -0.2) is 25.3 Å². The summed E-state index contributed by atoms with van der Waals surface area (Å²) in [5.41, 5.74) is 3.53. The van der Waals surface area contributed by atoms with E-state index in [-0.39, 0.29) is 12.5 Å². The van der Waals surface area contributed by atoms with E-state index >= 15 is 0 Å². The third-order valence-corrected chi connectivity index (χ3v) is 5.62. The van der Waals surface area contributed by atoms with Crippen molar-refractivity contribution < 1.29 is 23.5 Å². The van der Waals surface area contributed by atoms with E-state index in [1.54, 1.807) is 20.3 Å². The number of nitrogens with zero attached hydrogens (tertiary/aromatic N) is 1. The number of anilines is 1. The summed E-state index contributed by atoms with van der Waals surface area (Å²) in [5.74, 6) is 2.02. The summed E-state index contributed by atoms with van der Waals surface area (Å²) in [5, 5.41) is 8.88. The first-order valence-corrected chi connectivity index (χ1v) is 10.5. The molecule has 7 heteroatoms. The standard InChI is InChI=1S/C26H26N2O5/c1-15-10-24(30-4)25(31-5)13-22(15)27-26(29)20-11-18-8-6-7-9-19(18)12-23(20)32-14-21-16(2)28-33-17(21)3/h6-13H,14H2,1-5H3,(H,27,29). The predicted molar refractivity (Wildman–Crippen MR) is 126 cm³/mol. The van der Waals surface area contributed by atoms with Gasteiger partial charge in [-0.2, -0.15) is 0 Å². The van der Waals surface area contributed by atoms with Crippen LogP contribution in [0.5, 0.6) is 17.2 Å². The number of ether oxygens (including phenoxy) is 3. The normalized spacial score (nSPS) is 10.8. The minimum Gasteiger partial charge on any atom is -0.493 e. The third kappa shape index (κ3) is 4.48. The maximum atomic E-state index is 13.4. The Bertz CT molecular complexity index is 1310. The molecule has 1 amide bonds. The van der Waals surface area contributed by atoms with Gasteiger partial charge in [0.1, 0.15) is 18.1 Å². The number of fused-ring (bicyclic) bond motifs is 1. The zero-order chi connectivity index (χ0) is 23.5. The highest BCUT2D eigenvalue weighted by molar-refractivity contribution is 6.09. The maximum absolute atomic E-state index is 13.4. The summed E-state index contributed by atoms with van der Waals surface area (Å²) in [6.07, 6.45) is 0. The number of carbonyl (C=O) groups excluding carboxylic acids is 1. The van der Waals surface area contributed by atoms with E-state index in [4.69, 9.17) is 18.7 Å². The molecule has 0 saturated carbocycles. The van der Waals surface area contributed by atoms with Crippen molar-refractivity contribution in [3.63, 3.8) is 0 Å². The van der Waals surface area contributed by atoms with Crippen molar-refractivity contribution in [2.75, 3.05) is 19.5 Å². The van der Waals surface area contributed by atoms with Crippen LogP contribution < -0.4 is 19.5 Å². The van der Waals surface area contributed by atoms with Gasteiger partial charge in [-0.25, -0.2) is 0 Å². The van der Waals surface area contributed by atoms with Gasteiger partial charge in [0.15, 0.2) is 11.5 Å². The number of aryl methyl sites for hydroxylation is 3. The molecule has 0 aliphatic rings. The lowest BCUT2D eigenvalue weighted by molar-refractivity contribution is 0.102. The van der Waals surface area contributed by atoms with Crippen LogP contribution in [0.15, 0.2) is 53.1 Å². The molecule has 4 rings (SSSR count). The molecule has 1 heterocycles. The Morgan fingerprint density at radius 1 is 0.939 bits per heavy atom. The second-order valence-corrected chi connectivity index (χ2v) is 7.76. The van der Waals surface area contributed by atoms with Gasteiger partial charge in [0.2, 0.25) is 0 Å². The van der Waals surface area contributed by atoms with Gasteiger partial charge in [-0.15, -0.1) is 0 Å². The molecule has 7 nitrogen and oxygen atoms in total. The molecule has 0 aliphatic heterocycles. The lowest BCUT2D eigenvalue weighted by Crippen LogP contribution is -2.15. The maximum Gasteiger partial charge on any atom is 0.259 e. The van der Waals surface area contributed by atoms with Crippen LogP contribution in [0.2, 0.25) is 0 Å². The zero-order valence-electron chi connectivity index (χ0n) is 19.3. The molecule has 0 bridgehead atoms. The summed E-state index contributed by atoms with van der Waals surface area (Å²) >= 11 is 0. The van der Waals surface area contributed by atoms with Crippen molar-refractivity contribution in [3.05, 3.63) is 76.7 Å². The Labute approximate surface area is 192 Å². The highest BCUT2D eigenvalue weighted by atomic mass is 16.5. The van der Waals surface area contributed by atoms with E-state index in [0.29, 0.717) is 34.3 Å². The molecule has 0 aliphatic carbocycles. The van der Waals surface area contributed by atoms with E-state index in [2.05, 4.69) is 10.5 Å². The minimum absolute atomic E-state index is 0.245. The van der Waals surface area contributed by atoms with E-state index in [1.165, 1.54) is 0 Å². The Kier molecular flexibility index (Phi) is 6.22. The van der Waals surface area contributed by atoms with Crippen molar-refractivity contribution in [1.29, 1.82) is 0 Å². The molecule has 4 aromatic rings. The quantitative estimate of drug-likeness (QED) is 0.398. The molecule has 0 spiro atoms. The van der Waals surface area contributed by atoms with Gasteiger partial charge in [0, 0.05) is 11.8 Å². The van der Waals surface area contributed by atoms with Crippen LogP contribution in [0.1, 0.15) is 32.9 Å². The third-order valence-electron chi connectivity index (χ3n) is 5.62. The van der Waals surface area contributed by atoms with Gasteiger partial charge >= 0.3 is 0 Å². The molecular weight excluding hydrogens is 420 g/mol. The highest BCUT2D eigenvalue weighted by Gasteiger charge is 2.18. The molecular formula is C26H26N2O5. The largest absolute Gasteiger partial charge is 0.493 e. The molecule has 0 radical (unpaired) electrons. The average molecular weight is 447 g/mol. The average Bonchev–Trinajstić information content (AvgIpc) is 3.14. The number of aromatic nitrogens is 1. The van der Waals surface area contributed by atoms with Crippen LogP contribution >= 0.6 is 0 Å². The van der Waals surface area contributed by atoms with Gasteiger partial charge in [-0.3, -0.25) is 4.79 Å². The molecule has 0 atom stereocenters. The van der Waals surface area contributed by atoms with Gasteiger partial charge in [-0.05, 0) is 55.3 Å². The monoisotopic (exact) mass is 446 g/mol. The summed E-state index contributed by atoms with van der Waals surface area (Å²) in [7, 11) is 3.13. The Morgan fingerprint density at radius 2 is 1.61 bits per heavy atom. The lowest BCUT2D eigenvalue weighted by atomic mass is 10.0. The van der Waals surface area contributed by atoms with Crippen LogP contribution in [0.4, 0.5) is 5.69 Å². The fourth-order valence-corrected chi connectivity index (χ4v) is 3.68. The summed E-state index contributed by atoms with van der Waals surface area (Å²) in [6, 6.07) is 15.1. The van der Waals surface area contributed by atoms with Crippen LogP contribution in [0, 0.1) is 20.8 Å². The number of benzene rings is 3. The number of carbonyl (C=O) groups is 1. The number of rotatable bonds is 7. The number of nitrogens with one attached hydrogen (secondary N) is 1. The van der Waals surface area contributed by atoms with Crippen molar-refractivity contribution >= 4 is 22.4 Å². The van der Waals surface area contributed by atoms with E-state index in [1.807, 2.05) is 63.2 Å². The molecule has 1 aromatic heterocycles. The minimum atomic E-state index is -0.287. The second kappa shape index (κ2) is 9.24. The Hall–Kier alpha value is -4.00. The summed E-state index contributed by atoms with van der Waals surface area (Å²) in [6.45, 7) is 5.84. The molecule has 170 valence electrons. The molecule has 1 N–H and O–H groups in total. The second-order valence-electron chi connectivity index (χ2n) is 7.76. The molecule has 0 unspecified atom stereocenters. The fraction of sp³-hybridized carbons (Fsp3) is 0.231. The zero-order valence-corrected chi connectivity index (χ0v) is 19.3. The smallest absolute Gasteiger partial charge is 0.259 e. The topological polar surface area (TPSA) is 82.8 Å². The molecule has 33 heavy (non-hydrogen) atoms. The number of amides is 1. The van der Waals surface area contributed by atoms with E-state index < -0.39 is 0 Å². The van der Waals surface area contributed by atoms with Crippen molar-refractivity contribution in [1.82, 2.24) is 5.16 Å². The first-order chi connectivity index (χ1) is 15.9. The highest BCUT2D eigenvalue weighted by Crippen LogP contribution is 2.34. The van der Waals surface area contributed by atoms with Crippen molar-refractivity contribution in [2.45, 2.75) is 27.4 Å². The fourth-order valence-electron chi connectivity index (χ4n) is 3.68. The number of methoxy groups -OCH3 is 2. The van der Waals surface area contributed by atoms with Gasteiger partial charge in [0.05, 0.1) is 31.0 Å². The first-order valence-electron chi connectivity index (χ1n) is 10.5. The number of hydrogen-bond donors (Lipinski definition) is 1. The van der Waals surface area contributed by atoms with Crippen LogP contribution in [-0.2, 0) is 6.61 Å². The van der Waals surface area contributed by atoms with Crippen LogP contribution in [0.3, 0.4) is 0 Å². The van der Waals surface area contributed by atoms with Gasteiger partial charge in [-0.1, -0.05) is 29.4 Å². The number of hydrogen-bond acceptors (Lipinski definition) is 6. The van der Waals surface area contributed by atoms with E-state index in [9.17, 15) is 4.79 Å². The SMILES string of the molecule is COc1cc(C)c(NC(=O)c2cc3ccccc3cc2OCc2c(C)noc2C)cc1OC. The predicted octanol–water partition coefficient (Wildman–Crippen LogP) is 5.60. The summed E-state index contributed by atoms with van der Waals surface area (Å²) < 4.78 is 22.1. The van der Waals surface area contributed by atoms with E-state index in [0.717, 1.165) is 27.6 Å². The van der Waals surface area contributed by atoms with Crippen molar-refractivity contribution in [2.24, 2.45) is 0 Å². The lowest BCUT2D eigenvalue weighted by Gasteiger charge is -2.16. The Morgan fingerprint density at radius 3 is 2.24 bits per heavy atom. The van der Waals surface area contributed by atoms with Gasteiger partial charge in [0.25, 0.3) is 5.91 Å². The molecule has 3 aromatic carbocycles. The molecule has 0 fully saturated rings. The first kappa shape index (κ1) is 22.2. The molecule has 0 saturated heterocycles. The van der Waals surface area contributed by atoms with Crippen LogP contribution in [0.25, 0.3) is 10.8 Å². The summed E-state index contributed by atoms with van der Waals surface area (Å²) in [4.78, 5) is 13.4. The van der Waals surface area contributed by atoms with Crippen molar-refractivity contribution in [3.8, 4) is 17.2 Å².